The first kappa shape index (κ1) is 56.0. The Balaban J connectivity index is 3.15. The first-order valence-corrected chi connectivity index (χ1v) is 24.8. The third-order valence-corrected chi connectivity index (χ3v) is 12.1. The number of hydrogen-bond acceptors (Lipinski definition) is 10. The van der Waals surface area contributed by atoms with E-state index in [1.54, 1.807) is 0 Å². The number of carbonyl (C=O) groups excluding carboxylic acids is 1. The van der Waals surface area contributed by atoms with Gasteiger partial charge in [0, 0.05) is 20.1 Å². The van der Waals surface area contributed by atoms with Crippen LogP contribution in [0, 0.1) is 11.3 Å². The molecule has 0 spiro atoms. The molecule has 1 aliphatic rings. The lowest BCUT2D eigenvalue weighted by Gasteiger charge is -2.46. The maximum absolute atomic E-state index is 14.0. The van der Waals surface area contributed by atoms with E-state index >= 15 is 0 Å². The molecular weight excluding hydrogens is 838 g/mol. The fourth-order valence-corrected chi connectivity index (χ4v) is 8.22. The van der Waals surface area contributed by atoms with Crippen molar-refractivity contribution in [2.24, 2.45) is 5.92 Å². The SMILES string of the molecule is C=CCOP(=O)(OCC=C)O[C@@H]1C(COC)O[C@H](OC(=N)C(Cl)(Cl)Cl)[C@H](NC(=O)CCCCCCCCC/C=C\CCCCCC)C1OCCC(C)CCCCCCC. The molecule has 1 fully saturated rings. The molecule has 0 bridgehead atoms. The van der Waals surface area contributed by atoms with Crippen LogP contribution in [0.15, 0.2) is 37.5 Å². The molecule has 15 heteroatoms. The van der Waals surface area contributed by atoms with Gasteiger partial charge in [-0.05, 0) is 44.4 Å². The molecule has 0 aromatic rings. The first-order chi connectivity index (χ1) is 28.3. The third kappa shape index (κ3) is 26.3. The van der Waals surface area contributed by atoms with E-state index < -0.39 is 48.2 Å². The van der Waals surface area contributed by atoms with E-state index in [9.17, 15) is 9.36 Å². The van der Waals surface area contributed by atoms with Gasteiger partial charge in [0.2, 0.25) is 18.1 Å². The van der Waals surface area contributed by atoms with Crippen LogP contribution in [0.4, 0.5) is 0 Å². The molecular formula is C44H78Cl3N2O9P. The van der Waals surface area contributed by atoms with Crippen molar-refractivity contribution in [3.8, 4) is 0 Å². The summed E-state index contributed by atoms with van der Waals surface area (Å²) in [7, 11) is -2.84. The van der Waals surface area contributed by atoms with Gasteiger partial charge in [-0.3, -0.25) is 23.8 Å². The van der Waals surface area contributed by atoms with Crippen LogP contribution >= 0.6 is 42.6 Å². The Morgan fingerprint density at radius 3 is 1.93 bits per heavy atom. The number of alkyl halides is 3. The molecule has 0 radical (unpaired) electrons. The Kier molecular flexibility index (Phi) is 32.8. The summed E-state index contributed by atoms with van der Waals surface area (Å²) >= 11 is 18.1. The fourth-order valence-electron chi connectivity index (χ4n) is 6.76. The van der Waals surface area contributed by atoms with Crippen LogP contribution < -0.4 is 5.32 Å². The topological polar surface area (TPSA) is 135 Å². The van der Waals surface area contributed by atoms with Gasteiger partial charge in [-0.1, -0.05) is 170 Å². The number of unbranched alkanes of at least 4 members (excludes halogenated alkanes) is 15. The molecule has 1 saturated heterocycles. The first-order valence-electron chi connectivity index (χ1n) is 22.2. The third-order valence-electron chi connectivity index (χ3n) is 10.1. The van der Waals surface area contributed by atoms with Crippen LogP contribution in [0.25, 0.3) is 0 Å². The zero-order valence-corrected chi connectivity index (χ0v) is 39.8. The van der Waals surface area contributed by atoms with Crippen LogP contribution in [0.3, 0.4) is 0 Å². The van der Waals surface area contributed by atoms with Gasteiger partial charge >= 0.3 is 7.82 Å². The monoisotopic (exact) mass is 914 g/mol. The molecule has 0 saturated carbocycles. The second-order valence-electron chi connectivity index (χ2n) is 15.5. The number of phosphoric ester groups is 1. The van der Waals surface area contributed by atoms with Crippen molar-refractivity contribution >= 4 is 54.4 Å². The highest BCUT2D eigenvalue weighted by Crippen LogP contribution is 2.52. The highest BCUT2D eigenvalue weighted by molar-refractivity contribution is 7.48. The van der Waals surface area contributed by atoms with Crippen LogP contribution in [0.1, 0.15) is 156 Å². The molecule has 2 N–H and O–H groups in total. The smallest absolute Gasteiger partial charge is 0.446 e. The molecule has 59 heavy (non-hydrogen) atoms. The van der Waals surface area contributed by atoms with Crippen molar-refractivity contribution in [2.45, 2.75) is 190 Å². The molecule has 0 aliphatic carbocycles. The second-order valence-corrected chi connectivity index (χ2v) is 19.4. The second kappa shape index (κ2) is 34.5. The Labute approximate surface area is 372 Å². The van der Waals surface area contributed by atoms with Crippen molar-refractivity contribution < 1.29 is 41.9 Å². The molecule has 1 aliphatic heterocycles. The van der Waals surface area contributed by atoms with Gasteiger partial charge in [-0.15, -0.1) is 13.2 Å². The molecule has 3 unspecified atom stereocenters. The number of rotatable bonds is 37. The van der Waals surface area contributed by atoms with Gasteiger partial charge in [0.25, 0.3) is 3.79 Å². The number of ether oxygens (including phenoxy) is 4. The highest BCUT2D eigenvalue weighted by atomic mass is 35.6. The van der Waals surface area contributed by atoms with E-state index in [0.29, 0.717) is 18.8 Å². The molecule has 344 valence electrons. The number of allylic oxidation sites excluding steroid dienone is 2. The molecule has 1 rings (SSSR count). The fraction of sp³-hybridized carbons (Fsp3) is 0.818. The molecule has 1 amide bonds. The largest absolute Gasteiger partial charge is 0.475 e. The number of nitrogens with one attached hydrogen (secondary N) is 2. The van der Waals surface area contributed by atoms with E-state index in [1.165, 1.54) is 96.3 Å². The van der Waals surface area contributed by atoms with E-state index in [4.69, 9.17) is 72.7 Å². The van der Waals surface area contributed by atoms with E-state index in [1.807, 2.05) is 0 Å². The van der Waals surface area contributed by atoms with Crippen molar-refractivity contribution in [3.63, 3.8) is 0 Å². The molecule has 0 aromatic carbocycles. The predicted octanol–water partition coefficient (Wildman–Crippen LogP) is 12.9. The summed E-state index contributed by atoms with van der Waals surface area (Å²) in [5.41, 5.74) is 0. The summed E-state index contributed by atoms with van der Waals surface area (Å²) in [6.45, 7) is 13.8. The lowest BCUT2D eigenvalue weighted by Crippen LogP contribution is -2.66. The van der Waals surface area contributed by atoms with Gasteiger partial charge in [-0.25, -0.2) is 4.57 Å². The van der Waals surface area contributed by atoms with E-state index in [-0.39, 0.29) is 38.8 Å². The Bertz CT molecular complexity index is 1190. The zero-order valence-electron chi connectivity index (χ0n) is 36.6. The number of carbonyl (C=O) groups is 1. The number of phosphoric acid groups is 1. The summed E-state index contributed by atoms with van der Waals surface area (Å²) in [5, 5.41) is 11.4. The maximum Gasteiger partial charge on any atom is 0.475 e. The van der Waals surface area contributed by atoms with Gasteiger partial charge in [0.15, 0.2) is 0 Å². The van der Waals surface area contributed by atoms with Gasteiger partial charge < -0.3 is 24.3 Å². The van der Waals surface area contributed by atoms with Gasteiger partial charge in [-0.2, -0.15) is 0 Å². The molecule has 0 aromatic heterocycles. The van der Waals surface area contributed by atoms with Crippen LogP contribution in [-0.4, -0.2) is 79.8 Å². The normalized spacial score (nSPS) is 20.4. The van der Waals surface area contributed by atoms with Crippen LogP contribution in [0.2, 0.25) is 0 Å². The zero-order chi connectivity index (χ0) is 43.8. The minimum atomic E-state index is -4.30. The van der Waals surface area contributed by atoms with E-state index in [0.717, 1.165) is 38.5 Å². The molecule has 1 heterocycles. The number of hydrogen-bond donors (Lipinski definition) is 2. The Hall–Kier alpha value is -0.980. The highest BCUT2D eigenvalue weighted by Gasteiger charge is 2.53. The van der Waals surface area contributed by atoms with Gasteiger partial charge in [0.1, 0.15) is 24.4 Å². The van der Waals surface area contributed by atoms with Crippen molar-refractivity contribution in [2.75, 3.05) is 33.5 Å². The number of methoxy groups -OCH3 is 1. The Morgan fingerprint density at radius 2 is 1.37 bits per heavy atom. The van der Waals surface area contributed by atoms with Crippen LogP contribution in [0.5, 0.6) is 0 Å². The number of amides is 1. The average molecular weight is 916 g/mol. The minimum Gasteiger partial charge on any atom is -0.446 e. The Morgan fingerprint density at radius 1 is 0.831 bits per heavy atom. The summed E-state index contributed by atoms with van der Waals surface area (Å²) < 4.78 is 53.3. The van der Waals surface area contributed by atoms with Crippen molar-refractivity contribution in [3.05, 3.63) is 37.5 Å². The molecule has 11 nitrogen and oxygen atoms in total. The lowest BCUT2D eigenvalue weighted by molar-refractivity contribution is -0.256. The number of halogens is 3. The summed E-state index contributed by atoms with van der Waals surface area (Å²) in [4.78, 5) is 13.7. The molecule has 6 atom stereocenters. The average Bonchev–Trinajstić information content (AvgIpc) is 3.19. The summed E-state index contributed by atoms with van der Waals surface area (Å²) in [6, 6.07) is -1.10. The summed E-state index contributed by atoms with van der Waals surface area (Å²) in [5.74, 6) is -0.658. The minimum absolute atomic E-state index is 0.0843. The quantitative estimate of drug-likeness (QED) is 0.0156. The van der Waals surface area contributed by atoms with E-state index in [2.05, 4.69) is 51.4 Å². The predicted molar refractivity (Wildman–Crippen MR) is 243 cm³/mol. The maximum atomic E-state index is 14.0. The lowest BCUT2D eigenvalue weighted by atomic mass is 9.95. The standard InChI is InChI=1S/C44H78Cl3N2O9P/c1-7-11-13-15-16-17-18-19-20-21-22-23-24-26-28-30-38(50)49-39-41(53-34-31-36(5)29-27-25-14-12-8-2)40(58-59(51,54-32-9-3)55-33-10-4)37(35-52-6)56-42(39)57-43(48)44(45,46)47/h9-10,17-18,36-37,39-42,48H,3-4,7-8,11-16,19-35H2,1-2,5-6H3,(H,49,50)/b18-17-,48-43?/t36?,37?,39-,40-,41?,42-/m1/s1. The van der Waals surface area contributed by atoms with Crippen LogP contribution in [-0.2, 0) is 41.9 Å². The van der Waals surface area contributed by atoms with Crippen molar-refractivity contribution in [1.82, 2.24) is 5.32 Å². The van der Waals surface area contributed by atoms with Gasteiger partial charge in [0.05, 0.1) is 19.8 Å². The summed E-state index contributed by atoms with van der Waals surface area (Å²) in [6.07, 6.45) is 25.5. The van der Waals surface area contributed by atoms with Crippen molar-refractivity contribution in [1.29, 1.82) is 5.41 Å².